The Kier molecular flexibility index (Phi) is 5.34. The SMILES string of the molecule is O=C(O)CN1CCCN(Cc2cccc(Cl)c2F)CC1. The molecule has 20 heavy (non-hydrogen) atoms. The Morgan fingerprint density at radius 1 is 1.25 bits per heavy atom. The van der Waals surface area contributed by atoms with Crippen LogP contribution in [0.25, 0.3) is 0 Å². The quantitative estimate of drug-likeness (QED) is 0.924. The van der Waals surface area contributed by atoms with E-state index in [-0.39, 0.29) is 17.4 Å². The topological polar surface area (TPSA) is 43.8 Å². The van der Waals surface area contributed by atoms with E-state index in [1.54, 1.807) is 12.1 Å². The third-order valence-corrected chi connectivity index (χ3v) is 3.76. The van der Waals surface area contributed by atoms with Crippen LogP contribution in [-0.2, 0) is 11.3 Å². The largest absolute Gasteiger partial charge is 0.480 e. The number of nitrogens with zero attached hydrogens (tertiary/aromatic N) is 2. The molecule has 1 aliphatic heterocycles. The zero-order chi connectivity index (χ0) is 14.5. The lowest BCUT2D eigenvalue weighted by Crippen LogP contribution is -2.34. The van der Waals surface area contributed by atoms with Crippen molar-refractivity contribution in [3.63, 3.8) is 0 Å². The molecule has 0 aromatic heterocycles. The molecule has 1 fully saturated rings. The summed E-state index contributed by atoms with van der Waals surface area (Å²) in [7, 11) is 0. The normalized spacial score (nSPS) is 17.9. The molecule has 0 amide bonds. The van der Waals surface area contributed by atoms with Gasteiger partial charge in [0.2, 0.25) is 0 Å². The molecule has 0 unspecified atom stereocenters. The highest BCUT2D eigenvalue weighted by molar-refractivity contribution is 6.30. The van der Waals surface area contributed by atoms with E-state index in [4.69, 9.17) is 16.7 Å². The summed E-state index contributed by atoms with van der Waals surface area (Å²) in [6.45, 7) is 3.60. The number of hydrogen-bond acceptors (Lipinski definition) is 3. The fraction of sp³-hybridized carbons (Fsp3) is 0.500. The molecule has 1 aliphatic rings. The highest BCUT2D eigenvalue weighted by Gasteiger charge is 2.18. The third kappa shape index (κ3) is 4.16. The van der Waals surface area contributed by atoms with Gasteiger partial charge in [-0.3, -0.25) is 14.6 Å². The van der Waals surface area contributed by atoms with E-state index in [0.717, 1.165) is 26.1 Å². The minimum atomic E-state index is -0.806. The first kappa shape index (κ1) is 15.2. The van der Waals surface area contributed by atoms with Gasteiger partial charge < -0.3 is 5.11 Å². The van der Waals surface area contributed by atoms with Crippen LogP contribution in [0, 0.1) is 5.82 Å². The Morgan fingerprint density at radius 2 is 1.95 bits per heavy atom. The maximum Gasteiger partial charge on any atom is 0.317 e. The zero-order valence-electron chi connectivity index (χ0n) is 11.2. The van der Waals surface area contributed by atoms with Crippen LogP contribution in [0.4, 0.5) is 4.39 Å². The summed E-state index contributed by atoms with van der Waals surface area (Å²) in [5.74, 6) is -1.17. The molecule has 110 valence electrons. The average Bonchev–Trinajstić information content (AvgIpc) is 2.60. The van der Waals surface area contributed by atoms with Crippen LogP contribution < -0.4 is 0 Å². The van der Waals surface area contributed by atoms with Gasteiger partial charge in [0.05, 0.1) is 11.6 Å². The van der Waals surface area contributed by atoms with Crippen molar-refractivity contribution in [2.45, 2.75) is 13.0 Å². The van der Waals surface area contributed by atoms with Gasteiger partial charge in [-0.05, 0) is 19.0 Å². The first-order chi connectivity index (χ1) is 9.56. The molecule has 0 bridgehead atoms. The van der Waals surface area contributed by atoms with Crippen LogP contribution in [0.5, 0.6) is 0 Å². The Morgan fingerprint density at radius 3 is 2.70 bits per heavy atom. The average molecular weight is 301 g/mol. The lowest BCUT2D eigenvalue weighted by molar-refractivity contribution is -0.138. The third-order valence-electron chi connectivity index (χ3n) is 3.47. The molecule has 1 heterocycles. The van der Waals surface area contributed by atoms with Crippen molar-refractivity contribution in [2.24, 2.45) is 0 Å². The Bertz CT molecular complexity index is 484. The van der Waals surface area contributed by atoms with Gasteiger partial charge in [0.1, 0.15) is 5.82 Å². The van der Waals surface area contributed by atoms with Crippen molar-refractivity contribution in [1.82, 2.24) is 9.80 Å². The summed E-state index contributed by atoms with van der Waals surface area (Å²) in [5.41, 5.74) is 0.587. The van der Waals surface area contributed by atoms with Crippen LogP contribution in [0.3, 0.4) is 0 Å². The van der Waals surface area contributed by atoms with E-state index in [0.29, 0.717) is 18.7 Å². The summed E-state index contributed by atoms with van der Waals surface area (Å²) in [6, 6.07) is 5.02. The molecule has 4 nitrogen and oxygen atoms in total. The van der Waals surface area contributed by atoms with E-state index in [1.165, 1.54) is 6.07 Å². The lowest BCUT2D eigenvalue weighted by Gasteiger charge is -2.21. The molecule has 1 saturated heterocycles. The predicted octanol–water partition coefficient (Wildman–Crippen LogP) is 2.07. The van der Waals surface area contributed by atoms with Gasteiger partial charge in [-0.25, -0.2) is 4.39 Å². The Balaban J connectivity index is 1.94. The molecule has 0 saturated carbocycles. The molecule has 1 aromatic carbocycles. The molecule has 0 atom stereocenters. The molecule has 0 aliphatic carbocycles. The van der Waals surface area contributed by atoms with Gasteiger partial charge in [0.15, 0.2) is 0 Å². The van der Waals surface area contributed by atoms with Crippen molar-refractivity contribution < 1.29 is 14.3 Å². The smallest absolute Gasteiger partial charge is 0.317 e. The number of benzene rings is 1. The number of carboxylic acids is 1. The predicted molar refractivity (Wildman–Crippen MR) is 75.4 cm³/mol. The van der Waals surface area contributed by atoms with Crippen LogP contribution in [-0.4, -0.2) is 53.6 Å². The maximum absolute atomic E-state index is 13.9. The van der Waals surface area contributed by atoms with E-state index in [9.17, 15) is 9.18 Å². The number of carboxylic acid groups (broad SMARTS) is 1. The van der Waals surface area contributed by atoms with Gasteiger partial charge in [-0.15, -0.1) is 0 Å². The maximum atomic E-state index is 13.9. The van der Waals surface area contributed by atoms with Crippen LogP contribution in [0.1, 0.15) is 12.0 Å². The van der Waals surface area contributed by atoms with Crippen LogP contribution in [0.15, 0.2) is 18.2 Å². The monoisotopic (exact) mass is 300 g/mol. The van der Waals surface area contributed by atoms with Crippen molar-refractivity contribution in [1.29, 1.82) is 0 Å². The number of carbonyl (C=O) groups is 1. The molecule has 1 aromatic rings. The summed E-state index contributed by atoms with van der Waals surface area (Å²) < 4.78 is 13.9. The second-order valence-electron chi connectivity index (χ2n) is 5.01. The van der Waals surface area contributed by atoms with Gasteiger partial charge in [-0.1, -0.05) is 23.7 Å². The minimum Gasteiger partial charge on any atom is -0.480 e. The van der Waals surface area contributed by atoms with Gasteiger partial charge in [-0.2, -0.15) is 0 Å². The fourth-order valence-corrected chi connectivity index (χ4v) is 2.64. The molecular formula is C14H18ClFN2O2. The highest BCUT2D eigenvalue weighted by Crippen LogP contribution is 2.19. The number of hydrogen-bond donors (Lipinski definition) is 1. The molecule has 0 radical (unpaired) electrons. The van der Waals surface area contributed by atoms with E-state index >= 15 is 0 Å². The highest BCUT2D eigenvalue weighted by atomic mass is 35.5. The lowest BCUT2D eigenvalue weighted by atomic mass is 10.2. The van der Waals surface area contributed by atoms with E-state index in [1.807, 2.05) is 4.90 Å². The summed E-state index contributed by atoms with van der Waals surface area (Å²) in [6.07, 6.45) is 0.884. The number of aliphatic carboxylic acids is 1. The first-order valence-electron chi connectivity index (χ1n) is 6.65. The molecule has 0 spiro atoms. The first-order valence-corrected chi connectivity index (χ1v) is 7.03. The zero-order valence-corrected chi connectivity index (χ0v) is 11.9. The van der Waals surface area contributed by atoms with Crippen molar-refractivity contribution in [3.8, 4) is 0 Å². The Labute approximate surface area is 122 Å². The molecule has 2 rings (SSSR count). The van der Waals surface area contributed by atoms with E-state index < -0.39 is 5.97 Å². The molecule has 6 heteroatoms. The van der Waals surface area contributed by atoms with Crippen LogP contribution >= 0.6 is 11.6 Å². The summed E-state index contributed by atoms with van der Waals surface area (Å²) >= 11 is 5.78. The summed E-state index contributed by atoms with van der Waals surface area (Å²) in [4.78, 5) is 14.8. The Hall–Kier alpha value is -1.17. The summed E-state index contributed by atoms with van der Waals surface area (Å²) in [5, 5.41) is 8.95. The van der Waals surface area contributed by atoms with Crippen LogP contribution in [0.2, 0.25) is 5.02 Å². The van der Waals surface area contributed by atoms with Gasteiger partial charge in [0, 0.05) is 31.7 Å². The van der Waals surface area contributed by atoms with Gasteiger partial charge >= 0.3 is 5.97 Å². The van der Waals surface area contributed by atoms with Crippen molar-refractivity contribution in [3.05, 3.63) is 34.6 Å². The van der Waals surface area contributed by atoms with Gasteiger partial charge in [0.25, 0.3) is 0 Å². The second kappa shape index (κ2) is 7.02. The minimum absolute atomic E-state index is 0.0688. The standard InChI is InChI=1S/C14H18ClFN2O2/c15-12-4-1-3-11(14(12)16)9-17-5-2-6-18(8-7-17)10-13(19)20/h1,3-4H,2,5-10H2,(H,19,20). The van der Waals surface area contributed by atoms with Crippen molar-refractivity contribution >= 4 is 17.6 Å². The molecule has 1 N–H and O–H groups in total. The fourth-order valence-electron chi connectivity index (χ4n) is 2.44. The molecular weight excluding hydrogens is 283 g/mol. The number of rotatable bonds is 4. The number of halogens is 2. The second-order valence-corrected chi connectivity index (χ2v) is 5.42. The van der Waals surface area contributed by atoms with E-state index in [2.05, 4.69) is 4.90 Å². The van der Waals surface area contributed by atoms with Crippen molar-refractivity contribution in [2.75, 3.05) is 32.7 Å².